The van der Waals surface area contributed by atoms with E-state index in [0.29, 0.717) is 11.5 Å². The second-order valence-corrected chi connectivity index (χ2v) is 6.23. The highest BCUT2D eigenvalue weighted by atomic mass is 32.1. The van der Waals surface area contributed by atoms with Crippen LogP contribution in [-0.2, 0) is 6.54 Å². The van der Waals surface area contributed by atoms with Crippen molar-refractivity contribution in [2.45, 2.75) is 52.6 Å². The molecule has 15 heavy (non-hydrogen) atoms. The standard InChI is InChI=1S/C12H20N2S/c1-9-14-10(8-15-9)7-13-11-5-4-6-12(11,2)3/h8,11,13H,4-7H2,1-3H3. The number of hydrogen-bond acceptors (Lipinski definition) is 3. The first-order chi connectivity index (χ1) is 7.08. The zero-order valence-electron chi connectivity index (χ0n) is 9.84. The number of aryl methyl sites for hydroxylation is 1. The average molecular weight is 224 g/mol. The van der Waals surface area contributed by atoms with Gasteiger partial charge in [-0.2, -0.15) is 0 Å². The lowest BCUT2D eigenvalue weighted by Gasteiger charge is -2.27. The Hall–Kier alpha value is -0.410. The maximum atomic E-state index is 4.48. The average Bonchev–Trinajstić information content (AvgIpc) is 2.69. The molecule has 0 radical (unpaired) electrons. The Labute approximate surface area is 96.1 Å². The van der Waals surface area contributed by atoms with Crippen molar-refractivity contribution in [1.29, 1.82) is 0 Å². The largest absolute Gasteiger partial charge is 0.308 e. The minimum Gasteiger partial charge on any atom is -0.308 e. The number of hydrogen-bond donors (Lipinski definition) is 1. The smallest absolute Gasteiger partial charge is 0.0897 e. The molecule has 1 unspecified atom stereocenters. The summed E-state index contributed by atoms with van der Waals surface area (Å²) in [5.74, 6) is 0. The molecular weight excluding hydrogens is 204 g/mol. The molecule has 2 nitrogen and oxygen atoms in total. The Morgan fingerprint density at radius 2 is 2.40 bits per heavy atom. The van der Waals surface area contributed by atoms with Gasteiger partial charge >= 0.3 is 0 Å². The van der Waals surface area contributed by atoms with Crippen LogP contribution in [0.5, 0.6) is 0 Å². The first-order valence-electron chi connectivity index (χ1n) is 5.72. The SMILES string of the molecule is Cc1nc(CNC2CCCC2(C)C)cs1. The highest BCUT2D eigenvalue weighted by molar-refractivity contribution is 7.09. The van der Waals surface area contributed by atoms with Gasteiger partial charge in [0.2, 0.25) is 0 Å². The molecule has 1 aliphatic carbocycles. The van der Waals surface area contributed by atoms with E-state index in [9.17, 15) is 0 Å². The molecule has 1 atom stereocenters. The first kappa shape index (κ1) is 11.1. The van der Waals surface area contributed by atoms with Crippen molar-refractivity contribution < 1.29 is 0 Å². The third kappa shape index (κ3) is 2.58. The molecule has 0 saturated heterocycles. The summed E-state index contributed by atoms with van der Waals surface area (Å²) in [5.41, 5.74) is 1.66. The fourth-order valence-electron chi connectivity index (χ4n) is 2.42. The summed E-state index contributed by atoms with van der Waals surface area (Å²) in [6, 6.07) is 0.666. The van der Waals surface area contributed by atoms with Crippen LogP contribution < -0.4 is 5.32 Å². The molecule has 0 amide bonds. The highest BCUT2D eigenvalue weighted by Crippen LogP contribution is 2.37. The van der Waals surface area contributed by atoms with Gasteiger partial charge in [0.15, 0.2) is 0 Å². The van der Waals surface area contributed by atoms with Crippen molar-refractivity contribution in [3.63, 3.8) is 0 Å². The molecule has 1 saturated carbocycles. The summed E-state index contributed by atoms with van der Waals surface area (Å²) in [6.07, 6.45) is 4.03. The molecule has 1 aromatic rings. The molecular formula is C12H20N2S. The van der Waals surface area contributed by atoms with E-state index in [1.165, 1.54) is 25.0 Å². The van der Waals surface area contributed by atoms with Crippen molar-refractivity contribution in [3.05, 3.63) is 16.1 Å². The quantitative estimate of drug-likeness (QED) is 0.853. The fraction of sp³-hybridized carbons (Fsp3) is 0.750. The Morgan fingerprint density at radius 3 is 2.93 bits per heavy atom. The summed E-state index contributed by atoms with van der Waals surface area (Å²) in [5, 5.41) is 6.97. The lowest BCUT2D eigenvalue weighted by Crippen LogP contribution is -2.37. The Morgan fingerprint density at radius 1 is 1.60 bits per heavy atom. The third-order valence-electron chi connectivity index (χ3n) is 3.45. The van der Waals surface area contributed by atoms with Gasteiger partial charge in [-0.25, -0.2) is 4.98 Å². The van der Waals surface area contributed by atoms with E-state index >= 15 is 0 Å². The Bertz CT molecular complexity index is 330. The van der Waals surface area contributed by atoms with Gasteiger partial charge in [-0.05, 0) is 25.2 Å². The van der Waals surface area contributed by atoms with Gasteiger partial charge in [-0.15, -0.1) is 11.3 Å². The summed E-state index contributed by atoms with van der Waals surface area (Å²) < 4.78 is 0. The Kier molecular flexibility index (Phi) is 3.12. The van der Waals surface area contributed by atoms with Gasteiger partial charge < -0.3 is 5.32 Å². The van der Waals surface area contributed by atoms with Crippen LogP contribution in [0.25, 0.3) is 0 Å². The summed E-state index contributed by atoms with van der Waals surface area (Å²) in [7, 11) is 0. The molecule has 0 spiro atoms. The van der Waals surface area contributed by atoms with Crippen LogP contribution >= 0.6 is 11.3 Å². The summed E-state index contributed by atoms with van der Waals surface area (Å²) in [6.45, 7) is 7.72. The lowest BCUT2D eigenvalue weighted by molar-refractivity contribution is 0.282. The first-order valence-corrected chi connectivity index (χ1v) is 6.60. The number of aromatic nitrogens is 1. The summed E-state index contributed by atoms with van der Waals surface area (Å²) >= 11 is 1.74. The molecule has 1 aromatic heterocycles. The maximum Gasteiger partial charge on any atom is 0.0897 e. The zero-order chi connectivity index (χ0) is 10.9. The van der Waals surface area contributed by atoms with Crippen LogP contribution in [0.3, 0.4) is 0 Å². The molecule has 2 rings (SSSR count). The normalized spacial score (nSPS) is 24.6. The van der Waals surface area contributed by atoms with Gasteiger partial charge in [0.25, 0.3) is 0 Å². The molecule has 3 heteroatoms. The second kappa shape index (κ2) is 4.22. The van der Waals surface area contributed by atoms with E-state index in [4.69, 9.17) is 0 Å². The molecule has 1 aliphatic rings. The highest BCUT2D eigenvalue weighted by Gasteiger charge is 2.33. The van der Waals surface area contributed by atoms with Crippen molar-refractivity contribution in [3.8, 4) is 0 Å². The number of nitrogens with one attached hydrogen (secondary N) is 1. The van der Waals surface area contributed by atoms with E-state index < -0.39 is 0 Å². The van der Waals surface area contributed by atoms with Crippen LogP contribution in [-0.4, -0.2) is 11.0 Å². The van der Waals surface area contributed by atoms with E-state index in [1.807, 2.05) is 0 Å². The van der Waals surface area contributed by atoms with Gasteiger partial charge in [0.05, 0.1) is 10.7 Å². The van der Waals surface area contributed by atoms with Crippen molar-refractivity contribution in [1.82, 2.24) is 10.3 Å². The number of rotatable bonds is 3. The topological polar surface area (TPSA) is 24.9 Å². The molecule has 0 aromatic carbocycles. The molecule has 0 bridgehead atoms. The van der Waals surface area contributed by atoms with E-state index in [1.54, 1.807) is 11.3 Å². The number of thiazole rings is 1. The summed E-state index contributed by atoms with van der Waals surface area (Å²) in [4.78, 5) is 4.48. The van der Waals surface area contributed by atoms with Gasteiger partial charge in [-0.1, -0.05) is 20.3 Å². The predicted molar refractivity (Wildman–Crippen MR) is 65.1 cm³/mol. The Balaban J connectivity index is 1.88. The zero-order valence-corrected chi connectivity index (χ0v) is 10.7. The van der Waals surface area contributed by atoms with Crippen LogP contribution in [0.1, 0.15) is 43.8 Å². The van der Waals surface area contributed by atoms with E-state index in [0.717, 1.165) is 11.6 Å². The van der Waals surface area contributed by atoms with Crippen LogP contribution in [0, 0.1) is 12.3 Å². The van der Waals surface area contributed by atoms with Crippen LogP contribution in [0.4, 0.5) is 0 Å². The molecule has 1 fully saturated rings. The maximum absolute atomic E-state index is 4.48. The van der Waals surface area contributed by atoms with E-state index in [-0.39, 0.29) is 0 Å². The van der Waals surface area contributed by atoms with Crippen molar-refractivity contribution in [2.24, 2.45) is 5.41 Å². The van der Waals surface area contributed by atoms with Crippen molar-refractivity contribution in [2.75, 3.05) is 0 Å². The minimum atomic E-state index is 0.463. The van der Waals surface area contributed by atoms with Gasteiger partial charge in [-0.3, -0.25) is 0 Å². The molecule has 0 aliphatic heterocycles. The third-order valence-corrected chi connectivity index (χ3v) is 4.28. The monoisotopic (exact) mass is 224 g/mol. The van der Waals surface area contributed by atoms with Crippen LogP contribution in [0.15, 0.2) is 5.38 Å². The predicted octanol–water partition coefficient (Wildman–Crippen LogP) is 3.12. The number of nitrogens with zero attached hydrogens (tertiary/aromatic N) is 1. The second-order valence-electron chi connectivity index (χ2n) is 5.17. The molecule has 1 N–H and O–H groups in total. The van der Waals surface area contributed by atoms with Gasteiger partial charge in [0.1, 0.15) is 0 Å². The molecule has 1 heterocycles. The van der Waals surface area contributed by atoms with E-state index in [2.05, 4.69) is 36.5 Å². The minimum absolute atomic E-state index is 0.463. The van der Waals surface area contributed by atoms with Crippen LogP contribution in [0.2, 0.25) is 0 Å². The van der Waals surface area contributed by atoms with Gasteiger partial charge in [0, 0.05) is 18.0 Å². The van der Waals surface area contributed by atoms with Crippen molar-refractivity contribution >= 4 is 11.3 Å². The lowest BCUT2D eigenvalue weighted by atomic mass is 9.87. The molecule has 84 valence electrons. The fourth-order valence-corrected chi connectivity index (χ4v) is 3.03.